The third-order valence-electron chi connectivity index (χ3n) is 4.92. The van der Waals surface area contributed by atoms with Crippen LogP contribution in [0.5, 0.6) is 5.75 Å². The molecule has 1 aliphatic rings. The number of nitrogens with zero attached hydrogens (tertiary/aromatic N) is 1. The maximum absolute atomic E-state index is 13.6. The smallest absolute Gasteiger partial charge is 0.123 e. The second-order valence-corrected chi connectivity index (χ2v) is 6.86. The molecule has 2 aromatic rings. The molecule has 0 spiro atoms. The van der Waals surface area contributed by atoms with Crippen molar-refractivity contribution in [2.24, 2.45) is 0 Å². The van der Waals surface area contributed by atoms with Crippen molar-refractivity contribution in [2.45, 2.75) is 37.8 Å². The molecule has 2 aromatic carbocycles. The number of likely N-dealkylation sites (tertiary alicyclic amines) is 1. The minimum absolute atomic E-state index is 0.228. The van der Waals surface area contributed by atoms with Crippen molar-refractivity contribution in [3.8, 4) is 5.75 Å². The minimum Gasteiger partial charge on any atom is -0.493 e. The molecule has 1 heterocycles. The average Bonchev–Trinajstić information content (AvgIpc) is 2.93. The van der Waals surface area contributed by atoms with Crippen LogP contribution in [-0.4, -0.2) is 42.4 Å². The van der Waals surface area contributed by atoms with Crippen molar-refractivity contribution in [3.63, 3.8) is 0 Å². The molecule has 0 bridgehead atoms. The molecule has 25 heavy (non-hydrogen) atoms. The van der Waals surface area contributed by atoms with Gasteiger partial charge in [0.05, 0.1) is 12.7 Å². The van der Waals surface area contributed by atoms with Crippen LogP contribution in [-0.2, 0) is 12.8 Å². The highest BCUT2D eigenvalue weighted by molar-refractivity contribution is 5.35. The van der Waals surface area contributed by atoms with E-state index in [1.54, 1.807) is 12.1 Å². The molecule has 3 rings (SSSR count). The number of β-amino-alcohol motifs (C(OH)–C–C–N with tert-alkyl or cyclic N) is 1. The Morgan fingerprint density at radius 2 is 1.96 bits per heavy atom. The van der Waals surface area contributed by atoms with E-state index in [1.165, 1.54) is 11.6 Å². The molecule has 1 N–H and O–H groups in total. The Morgan fingerprint density at radius 3 is 2.68 bits per heavy atom. The van der Waals surface area contributed by atoms with Gasteiger partial charge in [-0.2, -0.15) is 0 Å². The standard InChI is InChI=1S/C21H26FNO2/c1-23-15-20(24)14-19(23)11-12-25-21-10-9-18(22)13-17(21)8-7-16-5-3-2-4-6-16/h2-6,9-10,13,19-20,24H,7-8,11-12,14-15H2,1H3/t19-,20-/m1/s1. The number of halogens is 1. The van der Waals surface area contributed by atoms with Crippen LogP contribution in [0.25, 0.3) is 0 Å². The lowest BCUT2D eigenvalue weighted by Gasteiger charge is -2.19. The van der Waals surface area contributed by atoms with Crippen molar-refractivity contribution in [1.29, 1.82) is 0 Å². The van der Waals surface area contributed by atoms with Gasteiger partial charge in [-0.3, -0.25) is 0 Å². The van der Waals surface area contributed by atoms with E-state index >= 15 is 0 Å². The number of likely N-dealkylation sites (N-methyl/N-ethyl adjacent to an activating group) is 1. The lowest BCUT2D eigenvalue weighted by Crippen LogP contribution is -2.26. The van der Waals surface area contributed by atoms with Crippen LogP contribution >= 0.6 is 0 Å². The molecular weight excluding hydrogens is 317 g/mol. The van der Waals surface area contributed by atoms with Crippen molar-refractivity contribution < 1.29 is 14.2 Å². The van der Waals surface area contributed by atoms with E-state index in [0.717, 1.165) is 43.5 Å². The quantitative estimate of drug-likeness (QED) is 0.836. The van der Waals surface area contributed by atoms with Crippen LogP contribution in [0.15, 0.2) is 48.5 Å². The summed E-state index contributed by atoms with van der Waals surface area (Å²) >= 11 is 0. The predicted molar refractivity (Wildman–Crippen MR) is 97.4 cm³/mol. The van der Waals surface area contributed by atoms with Gasteiger partial charge in [-0.05, 0) is 62.1 Å². The molecule has 1 aliphatic heterocycles. The van der Waals surface area contributed by atoms with Crippen LogP contribution < -0.4 is 4.74 Å². The normalized spacial score (nSPS) is 20.8. The van der Waals surface area contributed by atoms with E-state index in [9.17, 15) is 9.50 Å². The summed E-state index contributed by atoms with van der Waals surface area (Å²) in [6.07, 6.45) is 3.03. The number of rotatable bonds is 7. The van der Waals surface area contributed by atoms with Crippen LogP contribution in [0, 0.1) is 5.82 Å². The number of hydrogen-bond acceptors (Lipinski definition) is 3. The summed E-state index contributed by atoms with van der Waals surface area (Å²) in [6.45, 7) is 1.30. The molecule has 0 radical (unpaired) electrons. The number of aliphatic hydroxyl groups is 1. The predicted octanol–water partition coefficient (Wildman–Crippen LogP) is 3.44. The number of aliphatic hydroxyl groups excluding tert-OH is 1. The van der Waals surface area contributed by atoms with Crippen molar-refractivity contribution in [2.75, 3.05) is 20.2 Å². The first kappa shape index (κ1) is 17.9. The summed E-state index contributed by atoms with van der Waals surface area (Å²) < 4.78 is 19.6. The average molecular weight is 343 g/mol. The maximum Gasteiger partial charge on any atom is 0.123 e. The fourth-order valence-electron chi connectivity index (χ4n) is 3.50. The molecule has 0 unspecified atom stereocenters. The molecule has 0 aromatic heterocycles. The second-order valence-electron chi connectivity index (χ2n) is 6.86. The van der Waals surface area contributed by atoms with Crippen molar-refractivity contribution >= 4 is 0 Å². The summed E-state index contributed by atoms with van der Waals surface area (Å²) in [4.78, 5) is 2.18. The van der Waals surface area contributed by atoms with E-state index < -0.39 is 0 Å². The first-order valence-corrected chi connectivity index (χ1v) is 8.95. The Labute approximate surface area is 149 Å². The molecular formula is C21H26FNO2. The van der Waals surface area contributed by atoms with E-state index in [4.69, 9.17) is 4.74 Å². The van der Waals surface area contributed by atoms with E-state index in [-0.39, 0.29) is 11.9 Å². The van der Waals surface area contributed by atoms with Gasteiger partial charge in [-0.25, -0.2) is 4.39 Å². The van der Waals surface area contributed by atoms with Gasteiger partial charge in [0.2, 0.25) is 0 Å². The molecule has 0 amide bonds. The lowest BCUT2D eigenvalue weighted by atomic mass is 10.0. The maximum atomic E-state index is 13.6. The molecule has 3 nitrogen and oxygen atoms in total. The Morgan fingerprint density at radius 1 is 1.16 bits per heavy atom. The van der Waals surface area contributed by atoms with Gasteiger partial charge in [0.25, 0.3) is 0 Å². The lowest BCUT2D eigenvalue weighted by molar-refractivity contribution is 0.182. The monoisotopic (exact) mass is 343 g/mol. The molecule has 0 saturated carbocycles. The largest absolute Gasteiger partial charge is 0.493 e. The molecule has 134 valence electrons. The number of hydrogen-bond donors (Lipinski definition) is 1. The van der Waals surface area contributed by atoms with Gasteiger partial charge in [0, 0.05) is 12.6 Å². The first-order chi connectivity index (χ1) is 12.1. The Kier molecular flexibility index (Phi) is 6.05. The zero-order valence-corrected chi connectivity index (χ0v) is 14.7. The Hall–Kier alpha value is -1.91. The summed E-state index contributed by atoms with van der Waals surface area (Å²) in [5.41, 5.74) is 2.14. The molecule has 1 saturated heterocycles. The third-order valence-corrected chi connectivity index (χ3v) is 4.92. The topological polar surface area (TPSA) is 32.7 Å². The van der Waals surface area contributed by atoms with Crippen molar-refractivity contribution in [3.05, 3.63) is 65.5 Å². The van der Waals surface area contributed by atoms with E-state index in [1.807, 2.05) is 25.2 Å². The fraction of sp³-hybridized carbons (Fsp3) is 0.429. The number of benzene rings is 2. The van der Waals surface area contributed by atoms with Crippen LogP contribution in [0.1, 0.15) is 24.0 Å². The van der Waals surface area contributed by atoms with Gasteiger partial charge in [-0.15, -0.1) is 0 Å². The third kappa shape index (κ3) is 5.03. The summed E-state index contributed by atoms with van der Waals surface area (Å²) in [5, 5.41) is 9.72. The van der Waals surface area contributed by atoms with Gasteiger partial charge in [-0.1, -0.05) is 30.3 Å². The number of ether oxygens (including phenoxy) is 1. The zero-order valence-electron chi connectivity index (χ0n) is 14.7. The highest BCUT2D eigenvalue weighted by Crippen LogP contribution is 2.24. The second kappa shape index (κ2) is 8.45. The van der Waals surface area contributed by atoms with E-state index in [2.05, 4.69) is 17.0 Å². The summed E-state index contributed by atoms with van der Waals surface area (Å²) in [5.74, 6) is 0.535. The summed E-state index contributed by atoms with van der Waals surface area (Å²) in [7, 11) is 2.03. The van der Waals surface area contributed by atoms with Crippen molar-refractivity contribution in [1.82, 2.24) is 4.90 Å². The van der Waals surface area contributed by atoms with Crippen LogP contribution in [0.2, 0.25) is 0 Å². The van der Waals surface area contributed by atoms with Gasteiger partial charge >= 0.3 is 0 Å². The van der Waals surface area contributed by atoms with Gasteiger partial charge < -0.3 is 14.7 Å². The fourth-order valence-corrected chi connectivity index (χ4v) is 3.50. The van der Waals surface area contributed by atoms with Gasteiger partial charge in [0.1, 0.15) is 11.6 Å². The van der Waals surface area contributed by atoms with E-state index in [0.29, 0.717) is 12.6 Å². The summed E-state index contributed by atoms with van der Waals surface area (Å²) in [6, 6.07) is 15.3. The van der Waals surface area contributed by atoms with Gasteiger partial charge in [0.15, 0.2) is 0 Å². The zero-order chi connectivity index (χ0) is 17.6. The molecule has 0 aliphatic carbocycles. The SMILES string of the molecule is CN1C[C@H](O)C[C@H]1CCOc1ccc(F)cc1CCc1ccccc1. The Bertz CT molecular complexity index is 677. The number of aryl methyl sites for hydroxylation is 2. The molecule has 1 fully saturated rings. The molecule has 4 heteroatoms. The highest BCUT2D eigenvalue weighted by Gasteiger charge is 2.27. The molecule has 2 atom stereocenters. The Balaban J connectivity index is 1.57. The first-order valence-electron chi connectivity index (χ1n) is 8.95. The minimum atomic E-state index is -0.234. The van der Waals surface area contributed by atoms with Crippen LogP contribution in [0.3, 0.4) is 0 Å². The highest BCUT2D eigenvalue weighted by atomic mass is 19.1. The van der Waals surface area contributed by atoms with Crippen LogP contribution in [0.4, 0.5) is 4.39 Å².